The van der Waals surface area contributed by atoms with E-state index in [2.05, 4.69) is 21.1 Å². The number of benzene rings is 2. The van der Waals surface area contributed by atoms with Crippen LogP contribution in [-0.4, -0.2) is 10.9 Å². The molecule has 3 nitrogen and oxygen atoms in total. The molecule has 0 aromatic heterocycles. The van der Waals surface area contributed by atoms with Crippen LogP contribution in [0.4, 0.5) is 4.39 Å². The Balaban J connectivity index is 1.74. The molecule has 0 fully saturated rings. The summed E-state index contributed by atoms with van der Waals surface area (Å²) in [5, 5.41) is 12.2. The van der Waals surface area contributed by atoms with Gasteiger partial charge in [0.1, 0.15) is 18.2 Å². The smallest absolute Gasteiger partial charge is 0.124 e. The molecule has 0 unspecified atom stereocenters. The quantitative estimate of drug-likeness (QED) is 0.663. The molecule has 0 bridgehead atoms. The summed E-state index contributed by atoms with van der Waals surface area (Å²) >= 11 is 3.26. The molecule has 1 aliphatic rings. The highest BCUT2D eigenvalue weighted by Crippen LogP contribution is 2.27. The molecule has 0 amide bonds. The Hall–Kier alpha value is -1.88. The van der Waals surface area contributed by atoms with Crippen LogP contribution >= 0.6 is 15.9 Å². The van der Waals surface area contributed by atoms with E-state index in [0.29, 0.717) is 16.8 Å². The lowest BCUT2D eigenvalue weighted by atomic mass is 10.1. The van der Waals surface area contributed by atoms with Crippen LogP contribution in [-0.2, 0) is 13.0 Å². The van der Waals surface area contributed by atoms with Crippen molar-refractivity contribution in [2.75, 3.05) is 0 Å². The van der Waals surface area contributed by atoms with E-state index in [1.54, 1.807) is 0 Å². The highest BCUT2D eigenvalue weighted by atomic mass is 79.9. The van der Waals surface area contributed by atoms with Crippen LogP contribution in [0.15, 0.2) is 46.0 Å². The second-order valence-electron chi connectivity index (χ2n) is 4.93. The minimum atomic E-state index is -0.291. The van der Waals surface area contributed by atoms with Gasteiger partial charge in [0.05, 0.1) is 5.71 Å². The fourth-order valence-corrected chi connectivity index (χ4v) is 3.01. The van der Waals surface area contributed by atoms with Gasteiger partial charge in [0, 0.05) is 10.0 Å². The first-order valence-corrected chi connectivity index (χ1v) is 7.37. The zero-order valence-corrected chi connectivity index (χ0v) is 12.7. The van der Waals surface area contributed by atoms with E-state index in [1.807, 2.05) is 24.3 Å². The van der Waals surface area contributed by atoms with E-state index in [0.717, 1.165) is 35.3 Å². The number of hydrogen-bond donors (Lipinski definition) is 1. The van der Waals surface area contributed by atoms with Crippen molar-refractivity contribution < 1.29 is 14.3 Å². The Kier molecular flexibility index (Phi) is 3.92. The summed E-state index contributed by atoms with van der Waals surface area (Å²) in [5.41, 5.74) is 3.56. The summed E-state index contributed by atoms with van der Waals surface area (Å²) < 4.78 is 19.7. The molecule has 1 N–H and O–H groups in total. The number of oxime groups is 1. The largest absolute Gasteiger partial charge is 0.489 e. The number of ether oxygens (including phenoxy) is 1. The Morgan fingerprint density at radius 3 is 2.81 bits per heavy atom. The highest BCUT2D eigenvalue weighted by Gasteiger charge is 2.18. The SMILES string of the molecule is O/N=C1/CCc2cc(OCc3cc(F)cc(Br)c3)ccc21. The van der Waals surface area contributed by atoms with Gasteiger partial charge in [-0.05, 0) is 60.4 Å². The lowest BCUT2D eigenvalue weighted by Gasteiger charge is -2.09. The molecule has 2 aromatic rings. The second-order valence-corrected chi connectivity index (χ2v) is 5.85. The molecule has 0 aliphatic heterocycles. The van der Waals surface area contributed by atoms with Gasteiger partial charge in [-0.1, -0.05) is 21.1 Å². The van der Waals surface area contributed by atoms with Gasteiger partial charge in [0.2, 0.25) is 0 Å². The molecule has 1 aliphatic carbocycles. The topological polar surface area (TPSA) is 41.8 Å². The zero-order valence-electron chi connectivity index (χ0n) is 11.1. The first-order chi connectivity index (χ1) is 10.2. The Bertz CT molecular complexity index is 695. The fraction of sp³-hybridized carbons (Fsp3) is 0.188. The van der Waals surface area contributed by atoms with Crippen molar-refractivity contribution in [1.29, 1.82) is 0 Å². The van der Waals surface area contributed by atoms with Crippen LogP contribution in [0.5, 0.6) is 5.75 Å². The van der Waals surface area contributed by atoms with Crippen molar-refractivity contribution in [3.63, 3.8) is 0 Å². The lowest BCUT2D eigenvalue weighted by Crippen LogP contribution is -1.98. The molecule has 5 heteroatoms. The van der Waals surface area contributed by atoms with Crippen LogP contribution in [0.1, 0.15) is 23.1 Å². The van der Waals surface area contributed by atoms with Crippen LogP contribution in [0.2, 0.25) is 0 Å². The van der Waals surface area contributed by atoms with Crippen molar-refractivity contribution in [1.82, 2.24) is 0 Å². The van der Waals surface area contributed by atoms with Gasteiger partial charge < -0.3 is 9.94 Å². The lowest BCUT2D eigenvalue weighted by molar-refractivity contribution is 0.305. The third-order valence-corrected chi connectivity index (χ3v) is 3.93. The Morgan fingerprint density at radius 1 is 1.19 bits per heavy atom. The van der Waals surface area contributed by atoms with Gasteiger partial charge in [-0.15, -0.1) is 0 Å². The maximum Gasteiger partial charge on any atom is 0.124 e. The van der Waals surface area contributed by atoms with Gasteiger partial charge >= 0.3 is 0 Å². The van der Waals surface area contributed by atoms with Crippen LogP contribution in [0.3, 0.4) is 0 Å². The van der Waals surface area contributed by atoms with Crippen LogP contribution < -0.4 is 4.74 Å². The van der Waals surface area contributed by atoms with E-state index in [4.69, 9.17) is 9.94 Å². The van der Waals surface area contributed by atoms with E-state index in [9.17, 15) is 4.39 Å². The molecule has 0 radical (unpaired) electrons. The molecule has 0 spiro atoms. The minimum Gasteiger partial charge on any atom is -0.489 e. The number of hydrogen-bond acceptors (Lipinski definition) is 3. The van der Waals surface area contributed by atoms with Crippen molar-refractivity contribution in [3.05, 3.63) is 63.4 Å². The van der Waals surface area contributed by atoms with E-state index >= 15 is 0 Å². The van der Waals surface area contributed by atoms with Crippen LogP contribution in [0.25, 0.3) is 0 Å². The van der Waals surface area contributed by atoms with Crippen molar-refractivity contribution in [2.45, 2.75) is 19.4 Å². The molecule has 0 heterocycles. The van der Waals surface area contributed by atoms with Crippen LogP contribution in [0, 0.1) is 5.82 Å². The zero-order chi connectivity index (χ0) is 14.8. The summed E-state index contributed by atoms with van der Waals surface area (Å²) in [4.78, 5) is 0. The molecular weight excluding hydrogens is 337 g/mol. The molecule has 108 valence electrons. The summed E-state index contributed by atoms with van der Waals surface area (Å²) in [6, 6.07) is 10.4. The molecular formula is C16H13BrFNO2. The highest BCUT2D eigenvalue weighted by molar-refractivity contribution is 9.10. The average molecular weight is 350 g/mol. The molecule has 3 rings (SSSR count). The summed E-state index contributed by atoms with van der Waals surface area (Å²) in [6.07, 6.45) is 1.59. The number of aryl methyl sites for hydroxylation is 1. The van der Waals surface area contributed by atoms with Crippen molar-refractivity contribution in [3.8, 4) is 5.75 Å². The minimum absolute atomic E-state index is 0.291. The number of fused-ring (bicyclic) bond motifs is 1. The van der Waals surface area contributed by atoms with E-state index in [1.165, 1.54) is 12.1 Å². The first kappa shape index (κ1) is 14.1. The van der Waals surface area contributed by atoms with Gasteiger partial charge in [-0.3, -0.25) is 0 Å². The normalized spacial score (nSPS) is 15.2. The third-order valence-electron chi connectivity index (χ3n) is 3.47. The molecule has 0 atom stereocenters. The first-order valence-electron chi connectivity index (χ1n) is 6.58. The van der Waals surface area contributed by atoms with E-state index in [-0.39, 0.29) is 5.82 Å². The maximum atomic E-state index is 13.3. The molecule has 2 aromatic carbocycles. The second kappa shape index (κ2) is 5.85. The number of halogens is 2. The predicted molar refractivity (Wildman–Crippen MR) is 81.5 cm³/mol. The third kappa shape index (κ3) is 3.08. The molecule has 0 saturated heterocycles. The van der Waals surface area contributed by atoms with Gasteiger partial charge in [-0.25, -0.2) is 4.39 Å². The molecule has 0 saturated carbocycles. The van der Waals surface area contributed by atoms with Crippen molar-refractivity contribution >= 4 is 21.6 Å². The Labute approximate surface area is 130 Å². The summed E-state index contributed by atoms with van der Waals surface area (Å²) in [6.45, 7) is 0.302. The predicted octanol–water partition coefficient (Wildman–Crippen LogP) is 4.29. The number of rotatable bonds is 3. The van der Waals surface area contributed by atoms with Gasteiger partial charge in [0.15, 0.2) is 0 Å². The standard InChI is InChI=1S/C16H13BrFNO2/c17-12-5-10(6-13(18)8-12)9-21-14-2-3-15-11(7-14)1-4-16(15)19-20/h2-3,5-8,20H,1,4,9H2/b19-16-. The van der Waals surface area contributed by atoms with Gasteiger partial charge in [-0.2, -0.15) is 0 Å². The monoisotopic (exact) mass is 349 g/mol. The van der Waals surface area contributed by atoms with Gasteiger partial charge in [0.25, 0.3) is 0 Å². The van der Waals surface area contributed by atoms with Crippen molar-refractivity contribution in [2.24, 2.45) is 5.16 Å². The maximum absolute atomic E-state index is 13.3. The number of nitrogens with zero attached hydrogens (tertiary/aromatic N) is 1. The fourth-order valence-electron chi connectivity index (χ4n) is 2.50. The summed E-state index contributed by atoms with van der Waals surface area (Å²) in [7, 11) is 0. The average Bonchev–Trinajstić information content (AvgIpc) is 2.86. The Morgan fingerprint density at radius 2 is 2.05 bits per heavy atom. The van der Waals surface area contributed by atoms with E-state index < -0.39 is 0 Å². The summed E-state index contributed by atoms with van der Waals surface area (Å²) in [5.74, 6) is 0.439. The molecule has 21 heavy (non-hydrogen) atoms.